The molecule has 0 aliphatic carbocycles. The summed E-state index contributed by atoms with van der Waals surface area (Å²) in [5.74, 6) is 0. The van der Waals surface area contributed by atoms with Gasteiger partial charge in [0, 0.05) is 160 Å². The van der Waals surface area contributed by atoms with Gasteiger partial charge in [0.2, 0.25) is 0 Å². The zero-order chi connectivity index (χ0) is 0. The second-order valence-corrected chi connectivity index (χ2v) is 0. The molecule has 4 heavy (non-hydrogen) atoms. The van der Waals surface area contributed by atoms with E-state index >= 15 is 0 Å². The minimum atomic E-state index is 0. The van der Waals surface area contributed by atoms with Crippen LogP contribution in [0.1, 0.15) is 0 Å². The second kappa shape index (κ2) is 15.7. The SMILES string of the molecule is [Ce].[La].[Pr].[Pr]. The van der Waals surface area contributed by atoms with Crippen LogP contribution in [0.4, 0.5) is 0 Å². The Hall–Kier alpha value is 5.30. The Morgan fingerprint density at radius 2 is 0.750 bits per heavy atom. The van der Waals surface area contributed by atoms with Crippen LogP contribution in [0.3, 0.4) is 0 Å². The average Bonchev–Trinajstić information content (AvgIpc) is 0. The van der Waals surface area contributed by atoms with E-state index in [4.69, 9.17) is 0 Å². The van der Waals surface area contributed by atoms with Gasteiger partial charge in [-0.3, -0.25) is 0 Å². The molecule has 0 bridgehead atoms. The first-order valence-corrected chi connectivity index (χ1v) is 0. The van der Waals surface area contributed by atoms with Crippen LogP contribution in [0.15, 0.2) is 0 Å². The Kier molecular flexibility index (Phi) is 89.8. The summed E-state index contributed by atoms with van der Waals surface area (Å²) >= 11 is 0. The van der Waals surface area contributed by atoms with Crippen molar-refractivity contribution in [3.8, 4) is 0 Å². The fourth-order valence-corrected chi connectivity index (χ4v) is 0. The molecule has 0 aromatic carbocycles. The molecule has 0 heterocycles. The van der Waals surface area contributed by atoms with Gasteiger partial charge in [-0.15, -0.1) is 0 Å². The van der Waals surface area contributed by atoms with E-state index in [-0.39, 0.29) is 160 Å². The van der Waals surface area contributed by atoms with Crippen molar-refractivity contribution in [1.82, 2.24) is 0 Å². The maximum absolute atomic E-state index is 0. The zero-order valence-corrected chi connectivity index (χ0v) is 16.4. The Balaban J connectivity index is 0. The van der Waals surface area contributed by atoms with Crippen LogP contribution in [0.5, 0.6) is 0 Å². The van der Waals surface area contributed by atoms with Gasteiger partial charge >= 0.3 is 0 Å². The van der Waals surface area contributed by atoms with Gasteiger partial charge in [-0.1, -0.05) is 0 Å². The molecular weight excluding hydrogens is 561 g/mol. The molecule has 13 valence electrons. The minimum absolute atomic E-state index is 0. The van der Waals surface area contributed by atoms with Crippen molar-refractivity contribution in [2.75, 3.05) is 0 Å². The van der Waals surface area contributed by atoms with Gasteiger partial charge in [0.15, 0.2) is 0 Å². The summed E-state index contributed by atoms with van der Waals surface area (Å²) in [4.78, 5) is 0. The summed E-state index contributed by atoms with van der Waals surface area (Å²) in [6.45, 7) is 0. The van der Waals surface area contributed by atoms with Gasteiger partial charge in [0.05, 0.1) is 0 Å². The van der Waals surface area contributed by atoms with Crippen molar-refractivity contribution in [2.24, 2.45) is 0 Å². The van der Waals surface area contributed by atoms with Gasteiger partial charge in [0.25, 0.3) is 0 Å². The van der Waals surface area contributed by atoms with E-state index in [1.807, 2.05) is 0 Å². The Labute approximate surface area is 154 Å². The van der Waals surface area contributed by atoms with Crippen LogP contribution in [0, 0.1) is 160 Å². The summed E-state index contributed by atoms with van der Waals surface area (Å²) in [5.41, 5.74) is 0. The third kappa shape index (κ3) is 10.3. The molecule has 0 rings (SSSR count). The third-order valence-electron chi connectivity index (χ3n) is 0. The molecule has 3 radical (unpaired) electrons. The monoisotopic (exact) mass is 561 g/mol. The predicted molar refractivity (Wildman–Crippen MR) is 0 cm³/mol. The molecule has 0 aromatic rings. The molecule has 0 saturated heterocycles. The predicted octanol–water partition coefficient (Wildman–Crippen LogP) is 0. The number of hydrogen-bond donors (Lipinski definition) is 0. The van der Waals surface area contributed by atoms with Crippen molar-refractivity contribution in [2.45, 2.75) is 0 Å². The van der Waals surface area contributed by atoms with E-state index in [0.717, 1.165) is 0 Å². The van der Waals surface area contributed by atoms with Crippen LogP contribution in [0.25, 0.3) is 0 Å². The molecular formula is CeLaPr2. The van der Waals surface area contributed by atoms with E-state index in [1.54, 1.807) is 0 Å². The summed E-state index contributed by atoms with van der Waals surface area (Å²) in [7, 11) is 0. The van der Waals surface area contributed by atoms with Gasteiger partial charge in [-0.25, -0.2) is 0 Å². The van der Waals surface area contributed by atoms with Crippen LogP contribution in [-0.2, 0) is 0 Å². The number of rotatable bonds is 0. The molecule has 0 aromatic heterocycles. The molecule has 0 saturated carbocycles. The summed E-state index contributed by atoms with van der Waals surface area (Å²) < 4.78 is 0. The fourth-order valence-electron chi connectivity index (χ4n) is 0. The summed E-state index contributed by atoms with van der Waals surface area (Å²) in [6.07, 6.45) is 0. The first-order valence-electron chi connectivity index (χ1n) is 0. The quantitative estimate of drug-likeness (QED) is 0.392. The van der Waals surface area contributed by atoms with Gasteiger partial charge < -0.3 is 0 Å². The third-order valence-corrected chi connectivity index (χ3v) is 0. The molecule has 0 spiro atoms. The molecule has 0 atom stereocenters. The van der Waals surface area contributed by atoms with Crippen LogP contribution < -0.4 is 0 Å². The first-order chi connectivity index (χ1) is 0. The van der Waals surface area contributed by atoms with Crippen LogP contribution in [0.2, 0.25) is 0 Å². The second-order valence-electron chi connectivity index (χ2n) is 0. The first kappa shape index (κ1) is 22.8. The molecule has 0 fully saturated rings. The maximum Gasteiger partial charge on any atom is 0 e. The summed E-state index contributed by atoms with van der Waals surface area (Å²) in [5, 5.41) is 0. The smallest absolute Gasteiger partial charge is 0 e. The molecule has 0 nitrogen and oxygen atoms in total. The normalized spacial score (nSPS) is 0. The maximum atomic E-state index is 0. The van der Waals surface area contributed by atoms with Crippen LogP contribution in [-0.4, -0.2) is 0 Å². The molecule has 0 N–H and O–H groups in total. The van der Waals surface area contributed by atoms with Crippen molar-refractivity contribution in [1.29, 1.82) is 0 Å². The van der Waals surface area contributed by atoms with E-state index in [1.165, 1.54) is 0 Å². The standard InChI is InChI=1S/Ce.La.2Pr. The molecule has 4 heteroatoms. The van der Waals surface area contributed by atoms with Gasteiger partial charge in [0.1, 0.15) is 0 Å². The zero-order valence-electron chi connectivity index (χ0n) is 2.23. The largest absolute Gasteiger partial charge is 0 e. The Bertz CT molecular complexity index is 6.00. The summed E-state index contributed by atoms with van der Waals surface area (Å²) in [6, 6.07) is 0. The van der Waals surface area contributed by atoms with E-state index in [2.05, 4.69) is 0 Å². The number of hydrogen-bond acceptors (Lipinski definition) is 0. The molecule has 0 aliphatic heterocycles. The minimum Gasteiger partial charge on any atom is 0 e. The average molecular weight is 561 g/mol. The molecule has 0 unspecified atom stereocenters. The fraction of sp³-hybridized carbons (Fsp3) is 0. The van der Waals surface area contributed by atoms with E-state index in [9.17, 15) is 0 Å². The van der Waals surface area contributed by atoms with Crippen molar-refractivity contribution in [3.63, 3.8) is 0 Å². The van der Waals surface area contributed by atoms with Crippen LogP contribution >= 0.6 is 0 Å². The Morgan fingerprint density at radius 1 is 0.750 bits per heavy atom. The topological polar surface area (TPSA) is 0 Å². The van der Waals surface area contributed by atoms with Crippen molar-refractivity contribution in [3.05, 3.63) is 0 Å². The molecule has 0 amide bonds. The Morgan fingerprint density at radius 3 is 0.750 bits per heavy atom. The van der Waals surface area contributed by atoms with E-state index < -0.39 is 0 Å². The van der Waals surface area contributed by atoms with Crippen molar-refractivity contribution >= 4 is 0 Å². The van der Waals surface area contributed by atoms with Crippen molar-refractivity contribution < 1.29 is 160 Å². The van der Waals surface area contributed by atoms with Gasteiger partial charge in [-0.2, -0.15) is 0 Å². The van der Waals surface area contributed by atoms with Gasteiger partial charge in [-0.05, 0) is 0 Å². The van der Waals surface area contributed by atoms with E-state index in [0.29, 0.717) is 0 Å². The molecule has 0 aliphatic rings.